The molecule has 0 radical (unpaired) electrons. The first-order valence-electron chi connectivity index (χ1n) is 14.4. The molecule has 2 atom stereocenters. The van der Waals surface area contributed by atoms with Crippen LogP contribution in [0.4, 0.5) is 0 Å². The SMILES string of the molecule is COc1ccc(C[C@@H]2NC(=O)CCCN(C(=O)c3cc(C)nc4ccc(Cl)cc34)CCCNC(=O)[C@H](C)N(C)C2=O)cc1. The van der Waals surface area contributed by atoms with Crippen molar-refractivity contribution in [3.63, 3.8) is 0 Å². The number of carbonyl (C=O) groups is 4. The van der Waals surface area contributed by atoms with Crippen molar-refractivity contribution in [2.24, 2.45) is 0 Å². The Labute approximate surface area is 256 Å². The van der Waals surface area contributed by atoms with Crippen LogP contribution in [0.25, 0.3) is 10.9 Å². The number of hydrogen-bond donors (Lipinski definition) is 2. The number of nitrogens with zero attached hydrogens (tertiary/aromatic N) is 3. The standard InChI is InChI=1S/C32H38ClN5O5/c1-20-17-26(25-19-23(33)10-13-27(25)35-20)31(41)38-15-5-7-29(39)36-28(18-22-8-11-24(43-4)12-9-22)32(42)37(3)21(2)30(40)34-14-6-16-38/h8-13,17,19,21,28H,5-7,14-16,18H2,1-4H3,(H,34,40)(H,36,39)/t21-,28-/m0/s1. The third-order valence-electron chi connectivity index (χ3n) is 7.69. The minimum absolute atomic E-state index is 0.120. The van der Waals surface area contributed by atoms with Crippen LogP contribution in [0.2, 0.25) is 5.02 Å². The maximum absolute atomic E-state index is 13.9. The highest BCUT2D eigenvalue weighted by Gasteiger charge is 2.30. The Hall–Kier alpha value is -4.18. The molecule has 1 aromatic heterocycles. The number of halogens is 1. The summed E-state index contributed by atoms with van der Waals surface area (Å²) in [7, 11) is 3.14. The van der Waals surface area contributed by atoms with Gasteiger partial charge < -0.3 is 25.2 Å². The molecule has 1 aliphatic rings. The molecule has 2 heterocycles. The number of hydrogen-bond acceptors (Lipinski definition) is 6. The largest absolute Gasteiger partial charge is 0.497 e. The van der Waals surface area contributed by atoms with Gasteiger partial charge in [-0.15, -0.1) is 0 Å². The summed E-state index contributed by atoms with van der Waals surface area (Å²) in [6, 6.07) is 12.6. The smallest absolute Gasteiger partial charge is 0.254 e. The average Bonchev–Trinajstić information content (AvgIpc) is 3.00. The third-order valence-corrected chi connectivity index (χ3v) is 7.93. The molecule has 0 aliphatic carbocycles. The lowest BCUT2D eigenvalue weighted by Gasteiger charge is -2.29. The monoisotopic (exact) mass is 607 g/mol. The number of ether oxygens (including phenoxy) is 1. The van der Waals surface area contributed by atoms with Gasteiger partial charge in [0.25, 0.3) is 5.91 Å². The van der Waals surface area contributed by atoms with E-state index in [1.165, 1.54) is 4.90 Å². The van der Waals surface area contributed by atoms with Gasteiger partial charge in [-0.3, -0.25) is 24.2 Å². The first kappa shape index (κ1) is 31.7. The number of fused-ring (bicyclic) bond motifs is 1. The van der Waals surface area contributed by atoms with Gasteiger partial charge in [-0.05, 0) is 68.7 Å². The molecule has 4 amide bonds. The molecule has 2 N–H and O–H groups in total. The number of rotatable bonds is 4. The van der Waals surface area contributed by atoms with E-state index in [4.69, 9.17) is 16.3 Å². The Balaban J connectivity index is 1.57. The van der Waals surface area contributed by atoms with Crippen molar-refractivity contribution >= 4 is 46.1 Å². The summed E-state index contributed by atoms with van der Waals surface area (Å²) >= 11 is 6.25. The molecule has 11 heteroatoms. The van der Waals surface area contributed by atoms with Crippen LogP contribution in [-0.2, 0) is 20.8 Å². The Morgan fingerprint density at radius 3 is 2.51 bits per heavy atom. The predicted molar refractivity (Wildman–Crippen MR) is 165 cm³/mol. The van der Waals surface area contributed by atoms with E-state index in [-0.39, 0.29) is 36.5 Å². The van der Waals surface area contributed by atoms with E-state index in [2.05, 4.69) is 15.6 Å². The Morgan fingerprint density at radius 1 is 1.07 bits per heavy atom. The summed E-state index contributed by atoms with van der Waals surface area (Å²) < 4.78 is 5.22. The van der Waals surface area contributed by atoms with Crippen LogP contribution in [0.3, 0.4) is 0 Å². The molecular weight excluding hydrogens is 570 g/mol. The van der Waals surface area contributed by atoms with Crippen LogP contribution in [0.15, 0.2) is 48.5 Å². The fourth-order valence-electron chi connectivity index (χ4n) is 5.13. The molecule has 2 aromatic carbocycles. The minimum Gasteiger partial charge on any atom is -0.497 e. The number of aryl methyl sites for hydroxylation is 1. The van der Waals surface area contributed by atoms with Crippen molar-refractivity contribution in [3.8, 4) is 5.75 Å². The highest BCUT2D eigenvalue weighted by atomic mass is 35.5. The lowest BCUT2D eigenvalue weighted by Crippen LogP contribution is -2.54. The Morgan fingerprint density at radius 2 is 1.79 bits per heavy atom. The van der Waals surface area contributed by atoms with Crippen molar-refractivity contribution in [1.82, 2.24) is 25.4 Å². The van der Waals surface area contributed by atoms with Gasteiger partial charge in [0.2, 0.25) is 17.7 Å². The maximum Gasteiger partial charge on any atom is 0.254 e. The van der Waals surface area contributed by atoms with Crippen LogP contribution in [0.1, 0.15) is 47.8 Å². The molecule has 0 bridgehead atoms. The van der Waals surface area contributed by atoms with Crippen molar-refractivity contribution in [1.29, 1.82) is 0 Å². The second kappa shape index (κ2) is 14.3. The van der Waals surface area contributed by atoms with E-state index in [1.54, 1.807) is 62.4 Å². The van der Waals surface area contributed by atoms with Crippen molar-refractivity contribution < 1.29 is 23.9 Å². The number of methoxy groups -OCH3 is 1. The molecule has 1 fully saturated rings. The first-order chi connectivity index (χ1) is 20.6. The molecule has 10 nitrogen and oxygen atoms in total. The number of aromatic nitrogens is 1. The van der Waals surface area contributed by atoms with Crippen LogP contribution in [-0.4, -0.2) is 84.3 Å². The quantitative estimate of drug-likeness (QED) is 0.468. The van der Waals surface area contributed by atoms with Gasteiger partial charge in [0, 0.05) is 55.6 Å². The number of amides is 4. The minimum atomic E-state index is -0.875. The lowest BCUT2D eigenvalue weighted by molar-refractivity contribution is -0.141. The molecule has 1 saturated heterocycles. The van der Waals surface area contributed by atoms with E-state index < -0.39 is 12.1 Å². The zero-order valence-electron chi connectivity index (χ0n) is 25.0. The fraction of sp³-hybridized carbons (Fsp3) is 0.406. The molecule has 228 valence electrons. The molecule has 0 spiro atoms. The zero-order valence-corrected chi connectivity index (χ0v) is 25.7. The third kappa shape index (κ3) is 8.01. The van der Waals surface area contributed by atoms with Crippen LogP contribution >= 0.6 is 11.6 Å². The predicted octanol–water partition coefficient (Wildman–Crippen LogP) is 3.52. The number of benzene rings is 2. The second-order valence-corrected chi connectivity index (χ2v) is 11.2. The van der Waals surface area contributed by atoms with Gasteiger partial charge in [-0.2, -0.15) is 0 Å². The number of likely N-dealkylation sites (N-methyl/N-ethyl adjacent to an activating group) is 1. The number of pyridine rings is 1. The van der Waals surface area contributed by atoms with Crippen molar-refractivity contribution in [2.45, 2.75) is 51.6 Å². The molecule has 43 heavy (non-hydrogen) atoms. The lowest BCUT2D eigenvalue weighted by atomic mass is 10.0. The summed E-state index contributed by atoms with van der Waals surface area (Å²) in [4.78, 5) is 61.0. The number of nitrogens with one attached hydrogen (secondary N) is 2. The first-order valence-corrected chi connectivity index (χ1v) is 14.8. The van der Waals surface area contributed by atoms with Crippen LogP contribution < -0.4 is 15.4 Å². The fourth-order valence-corrected chi connectivity index (χ4v) is 5.30. The van der Waals surface area contributed by atoms with Gasteiger partial charge in [-0.1, -0.05) is 23.7 Å². The van der Waals surface area contributed by atoms with Gasteiger partial charge in [0.05, 0.1) is 18.2 Å². The highest BCUT2D eigenvalue weighted by molar-refractivity contribution is 6.31. The Bertz CT molecular complexity index is 1500. The van der Waals surface area contributed by atoms with Crippen molar-refractivity contribution in [2.75, 3.05) is 33.8 Å². The van der Waals surface area contributed by atoms with Gasteiger partial charge >= 0.3 is 0 Å². The van der Waals surface area contributed by atoms with Crippen LogP contribution in [0, 0.1) is 6.92 Å². The van der Waals surface area contributed by atoms with Gasteiger partial charge in [-0.25, -0.2) is 0 Å². The summed E-state index contributed by atoms with van der Waals surface area (Å²) in [5.74, 6) is -0.507. The highest BCUT2D eigenvalue weighted by Crippen LogP contribution is 2.24. The second-order valence-electron chi connectivity index (χ2n) is 10.8. The summed E-state index contributed by atoms with van der Waals surface area (Å²) in [5.41, 5.74) is 2.69. The maximum atomic E-state index is 13.9. The van der Waals surface area contributed by atoms with E-state index in [0.717, 1.165) is 5.56 Å². The van der Waals surface area contributed by atoms with Crippen LogP contribution in [0.5, 0.6) is 5.75 Å². The molecule has 0 saturated carbocycles. The van der Waals surface area contributed by atoms with E-state index in [1.807, 2.05) is 19.1 Å². The summed E-state index contributed by atoms with van der Waals surface area (Å²) in [6.07, 6.45) is 1.25. The summed E-state index contributed by atoms with van der Waals surface area (Å²) in [5, 5.41) is 6.91. The topological polar surface area (TPSA) is 121 Å². The average molecular weight is 608 g/mol. The molecule has 0 unspecified atom stereocenters. The zero-order chi connectivity index (χ0) is 31.1. The van der Waals surface area contributed by atoms with E-state index in [0.29, 0.717) is 65.4 Å². The van der Waals surface area contributed by atoms with E-state index >= 15 is 0 Å². The van der Waals surface area contributed by atoms with Gasteiger partial charge in [0.15, 0.2) is 0 Å². The van der Waals surface area contributed by atoms with Gasteiger partial charge in [0.1, 0.15) is 17.8 Å². The Kier molecular flexibility index (Phi) is 10.6. The van der Waals surface area contributed by atoms with E-state index in [9.17, 15) is 19.2 Å². The van der Waals surface area contributed by atoms with Crippen molar-refractivity contribution in [3.05, 3.63) is 70.4 Å². The molecule has 3 aromatic rings. The molecule has 1 aliphatic heterocycles. The molecular formula is C32H38ClN5O5. The number of carbonyl (C=O) groups excluding carboxylic acids is 4. The summed E-state index contributed by atoms with van der Waals surface area (Å²) in [6.45, 7) is 4.49. The molecule has 4 rings (SSSR count). The normalized spacial score (nSPS) is 19.3.